The van der Waals surface area contributed by atoms with Crippen LogP contribution in [0.4, 0.5) is 24.7 Å². The summed E-state index contributed by atoms with van der Waals surface area (Å²) in [5.41, 5.74) is 4.15. The summed E-state index contributed by atoms with van der Waals surface area (Å²) < 4.78 is 41.8. The van der Waals surface area contributed by atoms with Crippen molar-refractivity contribution in [3.05, 3.63) is 71.9 Å². The topological polar surface area (TPSA) is 57.7 Å². The molecule has 1 atom stereocenters. The summed E-state index contributed by atoms with van der Waals surface area (Å²) in [6.45, 7) is 5.88. The van der Waals surface area contributed by atoms with Gasteiger partial charge in [-0.2, -0.15) is 0 Å². The summed E-state index contributed by atoms with van der Waals surface area (Å²) in [7, 11) is 0. The summed E-state index contributed by atoms with van der Waals surface area (Å²) in [6.07, 6.45) is 2.79. The second-order valence-electron chi connectivity index (χ2n) is 10.3. The number of carbonyl (C=O) groups excluding carboxylic acids is 1. The Balaban J connectivity index is 1.35. The van der Waals surface area contributed by atoms with Crippen molar-refractivity contribution in [3.63, 3.8) is 0 Å². The molecule has 3 aromatic rings. The maximum atomic E-state index is 13.0. The molecule has 39 heavy (non-hydrogen) atoms. The van der Waals surface area contributed by atoms with Gasteiger partial charge >= 0.3 is 6.36 Å². The van der Waals surface area contributed by atoms with Crippen LogP contribution in [0.1, 0.15) is 54.9 Å². The second kappa shape index (κ2) is 11.7. The lowest BCUT2D eigenvalue weighted by Crippen LogP contribution is -2.29. The third-order valence-corrected chi connectivity index (χ3v) is 7.54. The molecule has 0 radical (unpaired) electrons. The number of hydrogen-bond acceptors (Lipinski definition) is 5. The highest BCUT2D eigenvalue weighted by Gasteiger charge is 2.31. The molecule has 9 heteroatoms. The lowest BCUT2D eigenvalue weighted by molar-refractivity contribution is -0.274. The number of nitrogens with zero attached hydrogens (tertiary/aromatic N) is 3. The van der Waals surface area contributed by atoms with E-state index in [0.29, 0.717) is 24.0 Å². The molecule has 1 N–H and O–H groups in total. The molecule has 2 aromatic carbocycles. The second-order valence-corrected chi connectivity index (χ2v) is 10.3. The molecule has 1 aromatic heterocycles. The summed E-state index contributed by atoms with van der Waals surface area (Å²) in [5, 5.41) is 2.92. The molecule has 206 valence electrons. The molecule has 0 bridgehead atoms. The minimum Gasteiger partial charge on any atom is -0.406 e. The minimum absolute atomic E-state index is 0.241. The van der Waals surface area contributed by atoms with Crippen molar-refractivity contribution in [1.82, 2.24) is 9.88 Å². The predicted molar refractivity (Wildman–Crippen MR) is 146 cm³/mol. The number of nitrogens with one attached hydrogen (secondary N) is 1. The Morgan fingerprint density at radius 2 is 1.72 bits per heavy atom. The van der Waals surface area contributed by atoms with Gasteiger partial charge in [0.15, 0.2) is 0 Å². The molecule has 2 aliphatic heterocycles. The molecule has 2 fully saturated rings. The van der Waals surface area contributed by atoms with Crippen LogP contribution in [0.3, 0.4) is 0 Å². The van der Waals surface area contributed by atoms with Crippen LogP contribution in [0.25, 0.3) is 11.1 Å². The Bertz CT molecular complexity index is 1270. The predicted octanol–water partition coefficient (Wildman–Crippen LogP) is 6.87. The van der Waals surface area contributed by atoms with E-state index in [9.17, 15) is 18.0 Å². The van der Waals surface area contributed by atoms with E-state index in [1.54, 1.807) is 18.3 Å². The lowest BCUT2D eigenvalue weighted by atomic mass is 10.0. The number of hydrogen-bond donors (Lipinski definition) is 1. The van der Waals surface area contributed by atoms with E-state index in [1.807, 2.05) is 30.3 Å². The Labute approximate surface area is 226 Å². The molecule has 2 saturated heterocycles. The van der Waals surface area contributed by atoms with Gasteiger partial charge in [0.2, 0.25) is 0 Å². The first-order valence-corrected chi connectivity index (χ1v) is 13.5. The summed E-state index contributed by atoms with van der Waals surface area (Å²) in [4.78, 5) is 22.2. The first-order valence-electron chi connectivity index (χ1n) is 13.5. The van der Waals surface area contributed by atoms with E-state index in [4.69, 9.17) is 0 Å². The highest BCUT2D eigenvalue weighted by atomic mass is 19.4. The number of alkyl halides is 3. The fourth-order valence-corrected chi connectivity index (χ4v) is 5.40. The van der Waals surface area contributed by atoms with E-state index < -0.39 is 6.36 Å². The monoisotopic (exact) mass is 538 g/mol. The maximum Gasteiger partial charge on any atom is 0.573 e. The van der Waals surface area contributed by atoms with E-state index in [-0.39, 0.29) is 11.7 Å². The number of benzene rings is 2. The highest BCUT2D eigenvalue weighted by Crippen LogP contribution is 2.31. The normalized spacial score (nSPS) is 18.3. The molecule has 0 spiro atoms. The van der Waals surface area contributed by atoms with Crippen LogP contribution in [0.2, 0.25) is 0 Å². The zero-order valence-corrected chi connectivity index (χ0v) is 22.0. The molecule has 5 rings (SSSR count). The van der Waals surface area contributed by atoms with Gasteiger partial charge in [-0.3, -0.25) is 9.69 Å². The number of aromatic nitrogens is 1. The molecule has 0 unspecified atom stereocenters. The minimum atomic E-state index is -4.74. The Kier molecular flexibility index (Phi) is 8.07. The average Bonchev–Trinajstić information content (AvgIpc) is 3.33. The number of piperidine rings is 1. The molecule has 0 aliphatic carbocycles. The van der Waals surface area contributed by atoms with Crippen LogP contribution in [0.5, 0.6) is 5.75 Å². The fourth-order valence-electron chi connectivity index (χ4n) is 5.40. The lowest BCUT2D eigenvalue weighted by Gasteiger charge is -2.28. The van der Waals surface area contributed by atoms with E-state index in [2.05, 4.69) is 31.8 Å². The number of likely N-dealkylation sites (tertiary alicyclic amines) is 1. The number of anilines is 2. The van der Waals surface area contributed by atoms with Gasteiger partial charge in [-0.25, -0.2) is 4.98 Å². The number of amides is 1. The molecule has 1 amide bonds. The average molecular weight is 539 g/mol. The van der Waals surface area contributed by atoms with Gasteiger partial charge in [0.25, 0.3) is 5.91 Å². The van der Waals surface area contributed by atoms with Gasteiger partial charge < -0.3 is 15.0 Å². The summed E-state index contributed by atoms with van der Waals surface area (Å²) in [6, 6.07) is 15.7. The van der Waals surface area contributed by atoms with Crippen LogP contribution < -0.4 is 15.0 Å². The van der Waals surface area contributed by atoms with Crippen molar-refractivity contribution in [3.8, 4) is 16.9 Å². The van der Waals surface area contributed by atoms with E-state index in [0.717, 1.165) is 54.9 Å². The first kappa shape index (κ1) is 27.0. The molecular weight excluding hydrogens is 505 g/mol. The Morgan fingerprint density at radius 1 is 1.00 bits per heavy atom. The number of rotatable bonds is 7. The number of pyridine rings is 1. The quantitative estimate of drug-likeness (QED) is 0.356. The van der Waals surface area contributed by atoms with Crippen molar-refractivity contribution in [1.29, 1.82) is 0 Å². The Hall–Kier alpha value is -3.59. The van der Waals surface area contributed by atoms with Crippen LogP contribution in [0.15, 0.2) is 60.8 Å². The summed E-state index contributed by atoms with van der Waals surface area (Å²) in [5.74, 6) is -0.0820. The third-order valence-electron chi connectivity index (χ3n) is 7.54. The first-order chi connectivity index (χ1) is 18.7. The van der Waals surface area contributed by atoms with E-state index in [1.165, 1.54) is 31.4 Å². The zero-order valence-electron chi connectivity index (χ0n) is 22.0. The van der Waals surface area contributed by atoms with E-state index >= 15 is 0 Å². The fraction of sp³-hybridized carbons (Fsp3) is 0.400. The van der Waals surface area contributed by atoms with Gasteiger partial charge in [-0.1, -0.05) is 12.1 Å². The zero-order chi connectivity index (χ0) is 27.4. The SMILES string of the molecule is C[C@@H]1CCCN1Cc1cc(NC(=O)c2ccc(N3CCCCC3)cc2)ncc1-c1ccc(OC(F)(F)F)cc1. The maximum absolute atomic E-state index is 13.0. The van der Waals surface area contributed by atoms with Crippen molar-refractivity contribution in [2.24, 2.45) is 0 Å². The number of ether oxygens (including phenoxy) is 1. The molecular formula is C30H33F3N4O2. The molecule has 6 nitrogen and oxygen atoms in total. The van der Waals surface area contributed by atoms with Crippen molar-refractivity contribution >= 4 is 17.4 Å². The van der Waals surface area contributed by atoms with Crippen LogP contribution in [0, 0.1) is 0 Å². The van der Waals surface area contributed by atoms with Gasteiger partial charge in [-0.05, 0) is 99.2 Å². The molecule has 3 heterocycles. The van der Waals surface area contributed by atoms with Crippen molar-refractivity contribution in [2.75, 3.05) is 29.9 Å². The molecule has 2 aliphatic rings. The standard InChI is InChI=1S/C30H33F3N4O2/c1-21-6-5-17-37(21)20-24-18-28(34-19-27(24)22-9-13-26(14-10-22)39-30(31,32)33)35-29(38)23-7-11-25(12-8-23)36-15-3-2-4-16-36/h7-14,18-19,21H,2-6,15-17,20H2,1H3,(H,34,35,38)/t21-/m1/s1. The number of carbonyl (C=O) groups is 1. The van der Waals surface area contributed by atoms with Crippen LogP contribution in [-0.2, 0) is 6.54 Å². The van der Waals surface area contributed by atoms with Crippen LogP contribution in [-0.4, -0.2) is 47.8 Å². The van der Waals surface area contributed by atoms with Crippen molar-refractivity contribution < 1.29 is 22.7 Å². The van der Waals surface area contributed by atoms with Gasteiger partial charge in [0, 0.05) is 48.7 Å². The van der Waals surface area contributed by atoms with Gasteiger partial charge in [0.05, 0.1) is 0 Å². The number of halogens is 3. The van der Waals surface area contributed by atoms with Gasteiger partial charge in [0.1, 0.15) is 11.6 Å². The third kappa shape index (κ3) is 6.89. The Morgan fingerprint density at radius 3 is 2.36 bits per heavy atom. The van der Waals surface area contributed by atoms with Crippen LogP contribution >= 0.6 is 0 Å². The van der Waals surface area contributed by atoms with Crippen molar-refractivity contribution in [2.45, 2.75) is 58.0 Å². The smallest absolute Gasteiger partial charge is 0.406 e. The summed E-state index contributed by atoms with van der Waals surface area (Å²) >= 11 is 0. The van der Waals surface area contributed by atoms with Gasteiger partial charge in [-0.15, -0.1) is 13.2 Å². The largest absolute Gasteiger partial charge is 0.573 e. The molecule has 0 saturated carbocycles. The highest BCUT2D eigenvalue weighted by molar-refractivity contribution is 6.04.